The Morgan fingerprint density at radius 3 is 3.09 bits per heavy atom. The number of carbonyl (C=O) groups excluding carboxylic acids is 1. The Bertz CT molecular complexity index is 656. The molecule has 0 radical (unpaired) electrons. The standard InChI is InChI=1S/C15H19N5O2/c1-3-12-9-20(6-7-22-12)15(21)11-5-4-10(2)13(8-11)14-16-18-19-17-14/h4-5,8,12H,3,6-7,9H2,1-2H3,(H,16,17,18,19). The maximum atomic E-state index is 12.7. The van der Waals surface area contributed by atoms with Gasteiger partial charge in [0.15, 0.2) is 0 Å². The van der Waals surface area contributed by atoms with Crippen LogP contribution < -0.4 is 0 Å². The number of ether oxygens (including phenoxy) is 1. The number of aryl methyl sites for hydroxylation is 1. The number of carbonyl (C=O) groups is 1. The molecule has 1 unspecified atom stereocenters. The highest BCUT2D eigenvalue weighted by atomic mass is 16.5. The molecule has 22 heavy (non-hydrogen) atoms. The molecule has 3 rings (SSSR count). The van der Waals surface area contributed by atoms with E-state index in [9.17, 15) is 4.79 Å². The molecule has 7 heteroatoms. The maximum Gasteiger partial charge on any atom is 0.254 e. The summed E-state index contributed by atoms with van der Waals surface area (Å²) in [6, 6.07) is 5.59. The van der Waals surface area contributed by atoms with Gasteiger partial charge in [0.25, 0.3) is 5.91 Å². The molecule has 0 aliphatic carbocycles. The Morgan fingerprint density at radius 2 is 2.36 bits per heavy atom. The Balaban J connectivity index is 1.85. The van der Waals surface area contributed by atoms with E-state index in [0.29, 0.717) is 31.1 Å². The number of amides is 1. The van der Waals surface area contributed by atoms with Crippen LogP contribution in [0.1, 0.15) is 29.3 Å². The van der Waals surface area contributed by atoms with Crippen LogP contribution in [0.3, 0.4) is 0 Å². The van der Waals surface area contributed by atoms with Gasteiger partial charge >= 0.3 is 0 Å². The van der Waals surface area contributed by atoms with Gasteiger partial charge in [0.05, 0.1) is 12.7 Å². The minimum Gasteiger partial charge on any atom is -0.375 e. The average Bonchev–Trinajstić information content (AvgIpc) is 3.09. The zero-order chi connectivity index (χ0) is 15.5. The van der Waals surface area contributed by atoms with Gasteiger partial charge in [-0.3, -0.25) is 4.79 Å². The third-order valence-electron chi connectivity index (χ3n) is 3.95. The van der Waals surface area contributed by atoms with E-state index in [0.717, 1.165) is 17.5 Å². The van der Waals surface area contributed by atoms with Crippen LogP contribution in [-0.2, 0) is 4.74 Å². The lowest BCUT2D eigenvalue weighted by Crippen LogP contribution is -2.45. The lowest BCUT2D eigenvalue weighted by Gasteiger charge is -2.32. The van der Waals surface area contributed by atoms with E-state index in [1.165, 1.54) is 0 Å². The predicted molar refractivity (Wildman–Crippen MR) is 80.3 cm³/mol. The number of H-pyrrole nitrogens is 1. The van der Waals surface area contributed by atoms with Crippen molar-refractivity contribution in [2.45, 2.75) is 26.4 Å². The number of aromatic nitrogens is 4. The largest absolute Gasteiger partial charge is 0.375 e. The van der Waals surface area contributed by atoms with E-state index in [2.05, 4.69) is 27.5 Å². The van der Waals surface area contributed by atoms with E-state index in [-0.39, 0.29) is 12.0 Å². The molecule has 1 aliphatic rings. The molecule has 1 aliphatic heterocycles. The van der Waals surface area contributed by atoms with Crippen LogP contribution in [0, 0.1) is 6.92 Å². The van der Waals surface area contributed by atoms with Crippen LogP contribution in [0.25, 0.3) is 11.4 Å². The van der Waals surface area contributed by atoms with Crippen molar-refractivity contribution in [3.63, 3.8) is 0 Å². The zero-order valence-electron chi connectivity index (χ0n) is 12.7. The third-order valence-corrected chi connectivity index (χ3v) is 3.95. The van der Waals surface area contributed by atoms with Gasteiger partial charge in [-0.1, -0.05) is 13.0 Å². The average molecular weight is 301 g/mol. The molecule has 2 heterocycles. The van der Waals surface area contributed by atoms with Gasteiger partial charge in [-0.2, -0.15) is 5.21 Å². The highest BCUT2D eigenvalue weighted by molar-refractivity contribution is 5.95. The van der Waals surface area contributed by atoms with Crippen molar-refractivity contribution in [2.75, 3.05) is 19.7 Å². The van der Waals surface area contributed by atoms with E-state index in [1.54, 1.807) is 0 Å². The van der Waals surface area contributed by atoms with Crippen molar-refractivity contribution in [1.29, 1.82) is 0 Å². The smallest absolute Gasteiger partial charge is 0.254 e. The van der Waals surface area contributed by atoms with Gasteiger partial charge in [0.1, 0.15) is 0 Å². The van der Waals surface area contributed by atoms with Crippen molar-refractivity contribution in [3.05, 3.63) is 29.3 Å². The molecule has 0 saturated carbocycles. The van der Waals surface area contributed by atoms with Gasteiger partial charge in [-0.25, -0.2) is 0 Å². The van der Waals surface area contributed by atoms with Crippen molar-refractivity contribution in [3.8, 4) is 11.4 Å². The normalized spacial score (nSPS) is 18.5. The molecule has 1 aromatic carbocycles. The molecule has 1 aromatic heterocycles. The molecular formula is C15H19N5O2. The van der Waals surface area contributed by atoms with E-state index in [1.807, 2.05) is 30.0 Å². The summed E-state index contributed by atoms with van der Waals surface area (Å²) in [5, 5.41) is 14.0. The van der Waals surface area contributed by atoms with Crippen molar-refractivity contribution >= 4 is 5.91 Å². The molecular weight excluding hydrogens is 282 g/mol. The minimum atomic E-state index is 0.0199. The highest BCUT2D eigenvalue weighted by Crippen LogP contribution is 2.22. The molecule has 1 N–H and O–H groups in total. The number of nitrogens with one attached hydrogen (secondary N) is 1. The number of morpholine rings is 1. The summed E-state index contributed by atoms with van der Waals surface area (Å²) >= 11 is 0. The van der Waals surface area contributed by atoms with Gasteiger partial charge < -0.3 is 9.64 Å². The Labute approximate surface area is 128 Å². The van der Waals surface area contributed by atoms with Gasteiger partial charge in [-0.05, 0) is 36.3 Å². The quantitative estimate of drug-likeness (QED) is 0.927. The van der Waals surface area contributed by atoms with Crippen LogP contribution in [0.15, 0.2) is 18.2 Å². The first-order valence-corrected chi connectivity index (χ1v) is 7.44. The molecule has 1 fully saturated rings. The zero-order valence-corrected chi connectivity index (χ0v) is 12.7. The molecule has 0 spiro atoms. The fourth-order valence-electron chi connectivity index (χ4n) is 2.61. The number of hydrogen-bond acceptors (Lipinski definition) is 5. The Morgan fingerprint density at radius 1 is 1.50 bits per heavy atom. The highest BCUT2D eigenvalue weighted by Gasteiger charge is 2.24. The topological polar surface area (TPSA) is 84.0 Å². The third kappa shape index (κ3) is 2.85. The van der Waals surface area contributed by atoms with Gasteiger partial charge in [-0.15, -0.1) is 10.2 Å². The van der Waals surface area contributed by atoms with Crippen molar-refractivity contribution in [2.24, 2.45) is 0 Å². The summed E-state index contributed by atoms with van der Waals surface area (Å²) in [5.74, 6) is 0.520. The number of nitrogens with zero attached hydrogens (tertiary/aromatic N) is 4. The molecule has 7 nitrogen and oxygen atoms in total. The Kier molecular flexibility index (Phi) is 4.15. The number of tetrazole rings is 1. The molecule has 2 aromatic rings. The molecule has 1 atom stereocenters. The number of hydrogen-bond donors (Lipinski definition) is 1. The fourth-order valence-corrected chi connectivity index (χ4v) is 2.61. The van der Waals surface area contributed by atoms with Gasteiger partial charge in [0, 0.05) is 24.2 Å². The molecule has 116 valence electrons. The first-order valence-electron chi connectivity index (χ1n) is 7.44. The lowest BCUT2D eigenvalue weighted by molar-refractivity contribution is -0.0226. The van der Waals surface area contributed by atoms with E-state index in [4.69, 9.17) is 4.74 Å². The summed E-state index contributed by atoms with van der Waals surface area (Å²) in [7, 11) is 0. The second-order valence-electron chi connectivity index (χ2n) is 5.42. The minimum absolute atomic E-state index is 0.0199. The SMILES string of the molecule is CCC1CN(C(=O)c2ccc(C)c(-c3nn[nH]n3)c2)CCO1. The molecule has 1 saturated heterocycles. The van der Waals surface area contributed by atoms with Crippen molar-refractivity contribution in [1.82, 2.24) is 25.5 Å². The van der Waals surface area contributed by atoms with Crippen LogP contribution >= 0.6 is 0 Å². The summed E-state index contributed by atoms with van der Waals surface area (Å²) < 4.78 is 5.62. The van der Waals surface area contributed by atoms with Crippen LogP contribution in [0.5, 0.6) is 0 Å². The summed E-state index contributed by atoms with van der Waals surface area (Å²) in [6.07, 6.45) is 1.03. The summed E-state index contributed by atoms with van der Waals surface area (Å²) in [4.78, 5) is 14.5. The van der Waals surface area contributed by atoms with Crippen molar-refractivity contribution < 1.29 is 9.53 Å². The number of aromatic amines is 1. The lowest BCUT2D eigenvalue weighted by atomic mass is 10.0. The van der Waals surface area contributed by atoms with Gasteiger partial charge in [0.2, 0.25) is 5.82 Å². The summed E-state index contributed by atoms with van der Waals surface area (Å²) in [5.41, 5.74) is 2.47. The second kappa shape index (κ2) is 6.23. The first kappa shape index (κ1) is 14.6. The van der Waals surface area contributed by atoms with E-state index < -0.39 is 0 Å². The van der Waals surface area contributed by atoms with Crippen LogP contribution in [0.4, 0.5) is 0 Å². The predicted octanol–water partition coefficient (Wildman–Crippen LogP) is 1.43. The van der Waals surface area contributed by atoms with E-state index >= 15 is 0 Å². The summed E-state index contributed by atoms with van der Waals surface area (Å²) in [6.45, 7) is 5.88. The first-order chi connectivity index (χ1) is 10.7. The molecule has 1 amide bonds. The Hall–Kier alpha value is -2.28. The van der Waals surface area contributed by atoms with Crippen LogP contribution in [-0.4, -0.2) is 57.2 Å². The number of rotatable bonds is 3. The van der Waals surface area contributed by atoms with Crippen LogP contribution in [0.2, 0.25) is 0 Å². The maximum absolute atomic E-state index is 12.7. The second-order valence-corrected chi connectivity index (χ2v) is 5.42. The fraction of sp³-hybridized carbons (Fsp3) is 0.467. The monoisotopic (exact) mass is 301 g/mol. The molecule has 0 bridgehead atoms. The number of benzene rings is 1.